The number of hydrogen-bond donors (Lipinski definition) is 1. The van der Waals surface area contributed by atoms with Crippen LogP contribution in [0.1, 0.15) is 16.1 Å². The Bertz CT molecular complexity index is 1250. The molecule has 144 valence electrons. The predicted molar refractivity (Wildman–Crippen MR) is 106 cm³/mol. The second-order valence-corrected chi connectivity index (χ2v) is 6.45. The van der Waals surface area contributed by atoms with Gasteiger partial charge in [0.05, 0.1) is 11.9 Å². The number of carbonyl (C=O) groups is 1. The highest BCUT2D eigenvalue weighted by Crippen LogP contribution is 2.18. The molecule has 1 heterocycles. The van der Waals surface area contributed by atoms with Crippen LogP contribution in [0.3, 0.4) is 0 Å². The Morgan fingerprint density at radius 2 is 1.52 bits per heavy atom. The van der Waals surface area contributed by atoms with Crippen molar-refractivity contribution in [2.24, 2.45) is 0 Å². The molecule has 0 radical (unpaired) electrons. The van der Waals surface area contributed by atoms with Crippen LogP contribution < -0.4 is 10.9 Å². The average molecular weight is 391 g/mol. The molecule has 1 aromatic heterocycles. The largest absolute Gasteiger partial charge is 0.320 e. The molecule has 4 rings (SSSR count). The number of aromatic nitrogens is 2. The van der Waals surface area contributed by atoms with Crippen LogP contribution in [0.25, 0.3) is 10.8 Å². The molecule has 0 fully saturated rings. The van der Waals surface area contributed by atoms with E-state index in [1.807, 2.05) is 30.3 Å². The van der Waals surface area contributed by atoms with Crippen LogP contribution >= 0.6 is 0 Å². The third kappa shape index (κ3) is 3.89. The Kier molecular flexibility index (Phi) is 4.87. The zero-order valence-corrected chi connectivity index (χ0v) is 15.1. The van der Waals surface area contributed by atoms with E-state index in [1.54, 1.807) is 24.3 Å². The van der Waals surface area contributed by atoms with Gasteiger partial charge in [-0.05, 0) is 23.8 Å². The normalized spacial score (nSPS) is 10.8. The lowest BCUT2D eigenvalue weighted by molar-refractivity contribution is 0.102. The third-order valence-corrected chi connectivity index (χ3v) is 4.38. The van der Waals surface area contributed by atoms with Gasteiger partial charge >= 0.3 is 0 Å². The maximum Gasteiger partial charge on any atom is 0.276 e. The fourth-order valence-electron chi connectivity index (χ4n) is 3.08. The summed E-state index contributed by atoms with van der Waals surface area (Å²) in [6.07, 6.45) is 0. The zero-order valence-electron chi connectivity index (χ0n) is 15.1. The van der Waals surface area contributed by atoms with Crippen molar-refractivity contribution >= 4 is 22.4 Å². The van der Waals surface area contributed by atoms with Crippen molar-refractivity contribution in [2.45, 2.75) is 6.54 Å². The molecule has 0 aliphatic carbocycles. The first-order valence-corrected chi connectivity index (χ1v) is 8.82. The monoisotopic (exact) mass is 391 g/mol. The van der Waals surface area contributed by atoms with E-state index in [1.165, 1.54) is 4.68 Å². The molecule has 3 aromatic carbocycles. The van der Waals surface area contributed by atoms with E-state index in [9.17, 15) is 18.4 Å². The quantitative estimate of drug-likeness (QED) is 0.572. The summed E-state index contributed by atoms with van der Waals surface area (Å²) >= 11 is 0. The van der Waals surface area contributed by atoms with Crippen molar-refractivity contribution in [1.82, 2.24) is 9.78 Å². The van der Waals surface area contributed by atoms with Gasteiger partial charge in [0.2, 0.25) is 0 Å². The van der Waals surface area contributed by atoms with Gasteiger partial charge in [0.1, 0.15) is 11.6 Å². The van der Waals surface area contributed by atoms with Crippen LogP contribution in [0.15, 0.2) is 77.6 Å². The molecule has 0 spiro atoms. The highest BCUT2D eigenvalue weighted by atomic mass is 19.1. The van der Waals surface area contributed by atoms with Crippen LogP contribution in [-0.2, 0) is 6.54 Å². The van der Waals surface area contributed by atoms with Crippen LogP contribution in [-0.4, -0.2) is 15.7 Å². The number of halogens is 2. The smallest absolute Gasteiger partial charge is 0.276 e. The molecule has 5 nitrogen and oxygen atoms in total. The fourth-order valence-corrected chi connectivity index (χ4v) is 3.08. The summed E-state index contributed by atoms with van der Waals surface area (Å²) in [4.78, 5) is 25.7. The highest BCUT2D eigenvalue weighted by Gasteiger charge is 2.17. The van der Waals surface area contributed by atoms with Gasteiger partial charge in [0, 0.05) is 17.1 Å². The summed E-state index contributed by atoms with van der Waals surface area (Å²) < 4.78 is 28.1. The number of carbonyl (C=O) groups excluding carboxylic acids is 1. The number of rotatable bonds is 4. The second-order valence-electron chi connectivity index (χ2n) is 6.45. The first-order chi connectivity index (χ1) is 14.0. The molecule has 0 unspecified atom stereocenters. The zero-order chi connectivity index (χ0) is 20.4. The van der Waals surface area contributed by atoms with E-state index >= 15 is 0 Å². The Labute approximate surface area is 164 Å². The molecule has 7 heteroatoms. The van der Waals surface area contributed by atoms with E-state index < -0.39 is 17.5 Å². The van der Waals surface area contributed by atoms with Crippen molar-refractivity contribution < 1.29 is 13.6 Å². The van der Waals surface area contributed by atoms with E-state index in [-0.39, 0.29) is 23.5 Å². The number of nitrogens with one attached hydrogen (secondary N) is 1. The van der Waals surface area contributed by atoms with Crippen molar-refractivity contribution in [1.29, 1.82) is 0 Å². The van der Waals surface area contributed by atoms with Gasteiger partial charge in [-0.25, -0.2) is 13.5 Å². The lowest BCUT2D eigenvalue weighted by atomic mass is 10.1. The van der Waals surface area contributed by atoms with Gasteiger partial charge in [-0.3, -0.25) is 9.59 Å². The molecule has 0 saturated heterocycles. The van der Waals surface area contributed by atoms with Gasteiger partial charge in [0.15, 0.2) is 5.69 Å². The molecule has 0 bridgehead atoms. The molecule has 29 heavy (non-hydrogen) atoms. The summed E-state index contributed by atoms with van der Waals surface area (Å²) in [5.74, 6) is -2.30. The Morgan fingerprint density at radius 1 is 0.897 bits per heavy atom. The summed E-state index contributed by atoms with van der Waals surface area (Å²) in [5.41, 5.74) is 0.453. The highest BCUT2D eigenvalue weighted by molar-refractivity contribution is 6.11. The van der Waals surface area contributed by atoms with Crippen LogP contribution in [0.2, 0.25) is 0 Å². The molecule has 1 amide bonds. The standard InChI is InChI=1S/C22H15F2N3O2/c23-15-10-16(24)12-17(11-15)25-21(28)20-18-8-4-5-9-19(18)22(29)27(26-20)13-14-6-2-1-3-7-14/h1-12H,13H2,(H,25,28). The van der Waals surface area contributed by atoms with E-state index in [0.29, 0.717) is 16.8 Å². The van der Waals surface area contributed by atoms with E-state index in [0.717, 1.165) is 17.7 Å². The maximum absolute atomic E-state index is 13.4. The van der Waals surface area contributed by atoms with Gasteiger partial charge in [-0.1, -0.05) is 48.5 Å². The number of nitrogens with zero attached hydrogens (tertiary/aromatic N) is 2. The number of amides is 1. The van der Waals surface area contributed by atoms with Crippen molar-refractivity contribution in [3.05, 3.63) is 106 Å². The lowest BCUT2D eigenvalue weighted by Gasteiger charge is -2.12. The minimum absolute atomic E-state index is 0.0131. The van der Waals surface area contributed by atoms with Gasteiger partial charge < -0.3 is 5.32 Å². The Hall–Kier alpha value is -3.87. The van der Waals surface area contributed by atoms with E-state index in [4.69, 9.17) is 0 Å². The third-order valence-electron chi connectivity index (χ3n) is 4.38. The summed E-state index contributed by atoms with van der Waals surface area (Å²) in [5, 5.41) is 7.37. The second kappa shape index (κ2) is 7.63. The van der Waals surface area contributed by atoms with Crippen molar-refractivity contribution in [2.75, 3.05) is 5.32 Å². The number of fused-ring (bicyclic) bond motifs is 1. The van der Waals surface area contributed by atoms with Crippen LogP contribution in [0.5, 0.6) is 0 Å². The number of hydrogen-bond acceptors (Lipinski definition) is 3. The summed E-state index contributed by atoms with van der Waals surface area (Å²) in [6, 6.07) is 18.5. The Morgan fingerprint density at radius 3 is 2.21 bits per heavy atom. The minimum atomic E-state index is -0.813. The molecular weight excluding hydrogens is 376 g/mol. The topological polar surface area (TPSA) is 64.0 Å². The first-order valence-electron chi connectivity index (χ1n) is 8.82. The van der Waals surface area contributed by atoms with Crippen LogP contribution in [0.4, 0.5) is 14.5 Å². The predicted octanol–water partition coefficient (Wildman–Crippen LogP) is 3.98. The number of anilines is 1. The Balaban J connectivity index is 1.79. The molecule has 1 N–H and O–H groups in total. The summed E-state index contributed by atoms with van der Waals surface area (Å²) in [7, 11) is 0. The molecule has 0 aliphatic heterocycles. The number of benzene rings is 3. The van der Waals surface area contributed by atoms with Gasteiger partial charge in [-0.15, -0.1) is 0 Å². The fraction of sp³-hybridized carbons (Fsp3) is 0.0455. The molecule has 0 aliphatic rings. The maximum atomic E-state index is 13.4. The minimum Gasteiger partial charge on any atom is -0.320 e. The molecule has 4 aromatic rings. The van der Waals surface area contributed by atoms with Gasteiger partial charge in [-0.2, -0.15) is 5.10 Å². The van der Waals surface area contributed by atoms with Gasteiger partial charge in [0.25, 0.3) is 11.5 Å². The van der Waals surface area contributed by atoms with Crippen molar-refractivity contribution in [3.8, 4) is 0 Å². The van der Waals surface area contributed by atoms with Crippen molar-refractivity contribution in [3.63, 3.8) is 0 Å². The SMILES string of the molecule is O=C(Nc1cc(F)cc(F)c1)c1nn(Cc2ccccc2)c(=O)c2ccccc12. The molecule has 0 saturated carbocycles. The van der Waals surface area contributed by atoms with E-state index in [2.05, 4.69) is 10.4 Å². The summed E-state index contributed by atoms with van der Waals surface area (Å²) in [6.45, 7) is 0.180. The average Bonchev–Trinajstić information content (AvgIpc) is 2.70. The van der Waals surface area contributed by atoms with Crippen LogP contribution in [0, 0.1) is 11.6 Å². The molecular formula is C22H15F2N3O2. The lowest BCUT2D eigenvalue weighted by Crippen LogP contribution is -2.28. The first kappa shape index (κ1) is 18.5. The molecule has 0 atom stereocenters.